The summed E-state index contributed by atoms with van der Waals surface area (Å²) in [6.45, 7) is 1.91. The maximum absolute atomic E-state index is 4.31. The van der Waals surface area contributed by atoms with Crippen molar-refractivity contribution in [3.63, 3.8) is 0 Å². The molecule has 0 aliphatic carbocycles. The molecule has 16 heavy (non-hydrogen) atoms. The maximum Gasteiger partial charge on any atom is 0.170 e. The van der Waals surface area contributed by atoms with E-state index in [4.69, 9.17) is 0 Å². The molecule has 1 N–H and O–H groups in total. The molecule has 2 rings (SSSR count). The van der Waals surface area contributed by atoms with E-state index in [-0.39, 0.29) is 0 Å². The molecule has 2 heterocycles. The summed E-state index contributed by atoms with van der Waals surface area (Å²) in [7, 11) is 1.88. The fourth-order valence-electron chi connectivity index (χ4n) is 1.26. The lowest BCUT2D eigenvalue weighted by Gasteiger charge is -2.05. The number of nitrogens with zero attached hydrogens (tertiary/aromatic N) is 3. The van der Waals surface area contributed by atoms with E-state index in [1.165, 1.54) is 17.1 Å². The van der Waals surface area contributed by atoms with Crippen LogP contribution in [0.3, 0.4) is 0 Å². The number of nitrogens with one attached hydrogen (secondary N) is 1. The molecule has 6 heteroatoms. The number of hydrogen-bond acceptors (Lipinski definition) is 6. The Hall–Kier alpha value is -1.14. The summed E-state index contributed by atoms with van der Waals surface area (Å²) in [5.74, 6) is 2.63. The van der Waals surface area contributed by atoms with Gasteiger partial charge in [-0.1, -0.05) is 17.8 Å². The number of aromatic nitrogens is 3. The molecule has 0 atom stereocenters. The van der Waals surface area contributed by atoms with Crippen molar-refractivity contribution in [1.29, 1.82) is 0 Å². The topological polar surface area (TPSA) is 50.7 Å². The molecule has 0 saturated heterocycles. The minimum absolute atomic E-state index is 0.840. The average molecular weight is 252 g/mol. The smallest absolute Gasteiger partial charge is 0.170 e. The van der Waals surface area contributed by atoms with Crippen molar-refractivity contribution in [3.8, 4) is 0 Å². The lowest BCUT2D eigenvalue weighted by Crippen LogP contribution is -1.96. The van der Waals surface area contributed by atoms with Crippen molar-refractivity contribution in [1.82, 2.24) is 14.3 Å². The highest BCUT2D eigenvalue weighted by atomic mass is 32.2. The van der Waals surface area contributed by atoms with Gasteiger partial charge in [0.15, 0.2) is 4.34 Å². The van der Waals surface area contributed by atoms with Crippen LogP contribution in [0.4, 0.5) is 5.82 Å². The Morgan fingerprint density at radius 1 is 1.50 bits per heavy atom. The Kier molecular flexibility index (Phi) is 3.74. The maximum atomic E-state index is 4.31. The largest absolute Gasteiger partial charge is 0.373 e. The van der Waals surface area contributed by atoms with Crippen LogP contribution in [0, 0.1) is 6.92 Å². The highest BCUT2D eigenvalue weighted by Gasteiger charge is 2.05. The number of anilines is 1. The normalized spacial score (nSPS) is 10.4. The summed E-state index contributed by atoms with van der Waals surface area (Å²) in [6, 6.07) is 4.02. The molecule has 0 amide bonds. The molecule has 84 valence electrons. The number of pyridine rings is 1. The lowest BCUT2D eigenvalue weighted by molar-refractivity contribution is 1.10. The van der Waals surface area contributed by atoms with Gasteiger partial charge in [-0.05, 0) is 24.5 Å². The quantitative estimate of drug-likeness (QED) is 0.848. The Morgan fingerprint density at radius 3 is 3.06 bits per heavy atom. The zero-order chi connectivity index (χ0) is 11.4. The molecule has 0 aromatic carbocycles. The monoisotopic (exact) mass is 252 g/mol. The summed E-state index contributed by atoms with van der Waals surface area (Å²) in [4.78, 5) is 8.57. The lowest BCUT2D eigenvalue weighted by atomic mass is 10.3. The van der Waals surface area contributed by atoms with Gasteiger partial charge in [-0.2, -0.15) is 4.37 Å². The van der Waals surface area contributed by atoms with Crippen molar-refractivity contribution in [2.24, 2.45) is 0 Å². The summed E-state index contributed by atoms with van der Waals surface area (Å²) in [6.07, 6.45) is 1.79. The van der Waals surface area contributed by atoms with Gasteiger partial charge < -0.3 is 5.32 Å². The highest BCUT2D eigenvalue weighted by Crippen LogP contribution is 2.26. The second-order valence-electron chi connectivity index (χ2n) is 3.16. The Balaban J connectivity index is 2.04. The first-order valence-corrected chi connectivity index (χ1v) is 6.60. The molecule has 0 bridgehead atoms. The molecule has 4 nitrogen and oxygen atoms in total. The molecule has 2 aromatic heterocycles. The fourth-order valence-corrected chi connectivity index (χ4v) is 2.89. The van der Waals surface area contributed by atoms with Gasteiger partial charge in [-0.3, -0.25) is 0 Å². The third-order valence-electron chi connectivity index (χ3n) is 1.99. The van der Waals surface area contributed by atoms with Crippen LogP contribution in [0.15, 0.2) is 22.7 Å². The highest BCUT2D eigenvalue weighted by molar-refractivity contribution is 8.00. The minimum Gasteiger partial charge on any atom is -0.373 e. The van der Waals surface area contributed by atoms with E-state index in [2.05, 4.69) is 25.7 Å². The van der Waals surface area contributed by atoms with E-state index in [1.54, 1.807) is 18.0 Å². The number of rotatable bonds is 4. The first-order valence-electron chi connectivity index (χ1n) is 4.84. The van der Waals surface area contributed by atoms with Crippen LogP contribution in [-0.4, -0.2) is 21.4 Å². The molecule has 0 radical (unpaired) electrons. The van der Waals surface area contributed by atoms with E-state index in [9.17, 15) is 0 Å². The van der Waals surface area contributed by atoms with Gasteiger partial charge in [0.1, 0.15) is 11.6 Å². The van der Waals surface area contributed by atoms with Crippen molar-refractivity contribution < 1.29 is 0 Å². The van der Waals surface area contributed by atoms with Crippen molar-refractivity contribution in [3.05, 3.63) is 29.7 Å². The first-order chi connectivity index (χ1) is 7.79. The molecule has 0 fully saturated rings. The minimum atomic E-state index is 0.840. The fraction of sp³-hybridized carbons (Fsp3) is 0.300. The van der Waals surface area contributed by atoms with Crippen molar-refractivity contribution >= 4 is 29.1 Å². The van der Waals surface area contributed by atoms with Gasteiger partial charge in [0, 0.05) is 24.6 Å². The van der Waals surface area contributed by atoms with Gasteiger partial charge in [0.2, 0.25) is 0 Å². The Bertz CT molecular complexity index is 469. The summed E-state index contributed by atoms with van der Waals surface area (Å²) in [5.41, 5.74) is 1.18. The molecule has 2 aromatic rings. The molecule has 0 spiro atoms. The van der Waals surface area contributed by atoms with Crippen molar-refractivity contribution in [2.75, 3.05) is 12.4 Å². The van der Waals surface area contributed by atoms with E-state index in [1.807, 2.05) is 20.0 Å². The standard InChI is InChI=1S/C10H12N4S2/c1-7-13-10(16-14-7)15-6-8-4-3-5-12-9(8)11-2/h3-5H,6H2,1-2H3,(H,11,12). The molecule has 0 unspecified atom stereocenters. The zero-order valence-electron chi connectivity index (χ0n) is 9.10. The molecule has 0 aliphatic rings. The van der Waals surface area contributed by atoms with Crippen LogP contribution >= 0.6 is 23.3 Å². The van der Waals surface area contributed by atoms with Gasteiger partial charge in [0.05, 0.1) is 0 Å². The van der Waals surface area contributed by atoms with Gasteiger partial charge >= 0.3 is 0 Å². The third kappa shape index (κ3) is 2.70. The van der Waals surface area contributed by atoms with Crippen LogP contribution in [0.25, 0.3) is 0 Å². The third-order valence-corrected chi connectivity index (χ3v) is 3.96. The van der Waals surface area contributed by atoms with Crippen LogP contribution in [0.1, 0.15) is 11.4 Å². The summed E-state index contributed by atoms with van der Waals surface area (Å²) < 4.78 is 5.15. The first kappa shape index (κ1) is 11.3. The van der Waals surface area contributed by atoms with Gasteiger partial charge in [-0.25, -0.2) is 9.97 Å². The number of aryl methyl sites for hydroxylation is 1. The van der Waals surface area contributed by atoms with Crippen LogP contribution < -0.4 is 5.32 Å². The Morgan fingerprint density at radius 2 is 2.38 bits per heavy atom. The molecule has 0 saturated carbocycles. The van der Waals surface area contributed by atoms with Gasteiger partial charge in [-0.15, -0.1) is 0 Å². The second-order valence-corrected chi connectivity index (χ2v) is 5.13. The van der Waals surface area contributed by atoms with Crippen LogP contribution in [0.2, 0.25) is 0 Å². The van der Waals surface area contributed by atoms with Crippen molar-refractivity contribution in [2.45, 2.75) is 17.0 Å². The molecular weight excluding hydrogens is 240 g/mol. The van der Waals surface area contributed by atoms with E-state index in [0.717, 1.165) is 21.7 Å². The van der Waals surface area contributed by atoms with Gasteiger partial charge in [0.25, 0.3) is 0 Å². The predicted octanol–water partition coefficient (Wildman–Crippen LogP) is 2.58. The van der Waals surface area contributed by atoms with Crippen LogP contribution in [0.5, 0.6) is 0 Å². The SMILES string of the molecule is CNc1ncccc1CSc1nc(C)ns1. The van der Waals surface area contributed by atoms with Crippen LogP contribution in [-0.2, 0) is 5.75 Å². The Labute approximate surface area is 103 Å². The molecular formula is C10H12N4S2. The van der Waals surface area contributed by atoms with E-state index < -0.39 is 0 Å². The number of thioether (sulfide) groups is 1. The second kappa shape index (κ2) is 5.27. The molecule has 0 aliphatic heterocycles. The summed E-state index contributed by atoms with van der Waals surface area (Å²) >= 11 is 3.13. The summed E-state index contributed by atoms with van der Waals surface area (Å²) in [5, 5.41) is 3.08. The van der Waals surface area contributed by atoms with E-state index >= 15 is 0 Å². The zero-order valence-corrected chi connectivity index (χ0v) is 10.7. The number of hydrogen-bond donors (Lipinski definition) is 1. The van der Waals surface area contributed by atoms with E-state index in [0.29, 0.717) is 0 Å². The average Bonchev–Trinajstić information content (AvgIpc) is 2.73. The predicted molar refractivity (Wildman–Crippen MR) is 68.0 cm³/mol.